The summed E-state index contributed by atoms with van der Waals surface area (Å²) in [4.78, 5) is 23.3. The first-order valence-corrected chi connectivity index (χ1v) is 5.91. The minimum atomic E-state index is -0.471. The Labute approximate surface area is 106 Å². The molecule has 2 rings (SSSR count). The molecular weight excluding hydrogens is 291 g/mol. The van der Waals surface area contributed by atoms with Gasteiger partial charge in [-0.2, -0.15) is 0 Å². The summed E-state index contributed by atoms with van der Waals surface area (Å²) >= 11 is 3.21. The van der Waals surface area contributed by atoms with E-state index in [1.54, 1.807) is 0 Å². The number of ketones is 1. The van der Waals surface area contributed by atoms with E-state index in [1.165, 1.54) is 19.2 Å². The van der Waals surface area contributed by atoms with Crippen molar-refractivity contribution in [1.82, 2.24) is 0 Å². The van der Waals surface area contributed by atoms with Crippen molar-refractivity contribution in [1.29, 1.82) is 0 Å². The third-order valence-corrected chi connectivity index (χ3v) is 3.59. The zero-order chi connectivity index (χ0) is 12.6. The first-order chi connectivity index (χ1) is 8.02. The van der Waals surface area contributed by atoms with Gasteiger partial charge in [-0.05, 0) is 24.1 Å². The Kier molecular flexibility index (Phi) is 3.28. The van der Waals surface area contributed by atoms with Crippen molar-refractivity contribution in [3.63, 3.8) is 0 Å². The van der Waals surface area contributed by atoms with Gasteiger partial charge in [0.25, 0.3) is 0 Å². The lowest BCUT2D eigenvalue weighted by Gasteiger charge is -2.22. The monoisotopic (exact) mass is 300 g/mol. The largest absolute Gasteiger partial charge is 0.469 e. The second-order valence-corrected chi connectivity index (χ2v) is 4.82. The van der Waals surface area contributed by atoms with Crippen LogP contribution in [0.15, 0.2) is 16.6 Å². The molecule has 1 aliphatic carbocycles. The molecule has 0 saturated heterocycles. The van der Waals surface area contributed by atoms with Crippen LogP contribution < -0.4 is 0 Å². The second-order valence-electron chi connectivity index (χ2n) is 3.97. The summed E-state index contributed by atoms with van der Waals surface area (Å²) < 4.78 is 18.3. The van der Waals surface area contributed by atoms with E-state index >= 15 is 0 Å². The van der Waals surface area contributed by atoms with Crippen LogP contribution >= 0.6 is 15.9 Å². The molecule has 17 heavy (non-hydrogen) atoms. The molecule has 0 spiro atoms. The van der Waals surface area contributed by atoms with E-state index < -0.39 is 17.7 Å². The molecule has 1 aromatic rings. The van der Waals surface area contributed by atoms with E-state index in [4.69, 9.17) is 0 Å². The SMILES string of the molecule is COC(=O)C1CC(=O)c2cc(F)cc(Br)c2C1. The van der Waals surface area contributed by atoms with Gasteiger partial charge in [-0.15, -0.1) is 0 Å². The molecule has 1 aliphatic rings. The maximum atomic E-state index is 13.2. The third kappa shape index (κ3) is 2.24. The van der Waals surface area contributed by atoms with Gasteiger partial charge in [0.05, 0.1) is 13.0 Å². The lowest BCUT2D eigenvalue weighted by molar-refractivity contribution is -0.145. The fraction of sp³-hybridized carbons (Fsp3) is 0.333. The molecule has 0 radical (unpaired) electrons. The molecule has 3 nitrogen and oxygen atoms in total. The summed E-state index contributed by atoms with van der Waals surface area (Å²) in [6, 6.07) is 2.52. The lowest BCUT2D eigenvalue weighted by atomic mass is 9.83. The number of esters is 1. The fourth-order valence-corrected chi connectivity index (χ4v) is 2.64. The topological polar surface area (TPSA) is 43.4 Å². The highest BCUT2D eigenvalue weighted by Gasteiger charge is 2.32. The van der Waals surface area contributed by atoms with Gasteiger partial charge < -0.3 is 4.74 Å². The summed E-state index contributed by atoms with van der Waals surface area (Å²) in [7, 11) is 1.29. The highest BCUT2D eigenvalue weighted by Crippen LogP contribution is 2.32. The van der Waals surface area contributed by atoms with E-state index in [-0.39, 0.29) is 12.2 Å². The average Bonchev–Trinajstić information content (AvgIpc) is 2.29. The second kappa shape index (κ2) is 4.56. The van der Waals surface area contributed by atoms with Crippen LogP contribution in [0.1, 0.15) is 22.3 Å². The number of carbonyl (C=O) groups is 2. The van der Waals surface area contributed by atoms with Crippen LogP contribution in [0.4, 0.5) is 4.39 Å². The van der Waals surface area contributed by atoms with Gasteiger partial charge in [0, 0.05) is 16.5 Å². The molecule has 90 valence electrons. The molecule has 1 unspecified atom stereocenters. The molecule has 0 heterocycles. The lowest BCUT2D eigenvalue weighted by Crippen LogP contribution is -2.27. The quantitative estimate of drug-likeness (QED) is 0.749. The Balaban J connectivity index is 2.43. The van der Waals surface area contributed by atoms with Crippen LogP contribution in [0.3, 0.4) is 0 Å². The minimum Gasteiger partial charge on any atom is -0.469 e. The number of rotatable bonds is 1. The molecule has 0 saturated carbocycles. The van der Waals surface area contributed by atoms with Crippen molar-refractivity contribution in [2.45, 2.75) is 12.8 Å². The number of ether oxygens (including phenoxy) is 1. The molecule has 0 N–H and O–H groups in total. The van der Waals surface area contributed by atoms with Crippen LogP contribution in [0.25, 0.3) is 0 Å². The number of methoxy groups -OCH3 is 1. The normalized spacial score (nSPS) is 18.8. The van der Waals surface area contributed by atoms with E-state index in [2.05, 4.69) is 20.7 Å². The van der Waals surface area contributed by atoms with Crippen molar-refractivity contribution in [3.05, 3.63) is 33.5 Å². The maximum absolute atomic E-state index is 13.2. The Hall–Kier alpha value is -1.23. The highest BCUT2D eigenvalue weighted by molar-refractivity contribution is 9.10. The van der Waals surface area contributed by atoms with Gasteiger partial charge >= 0.3 is 5.97 Å². The Morgan fingerprint density at radius 2 is 2.18 bits per heavy atom. The first kappa shape index (κ1) is 12.2. The summed E-state index contributed by atoms with van der Waals surface area (Å²) in [5, 5.41) is 0. The molecule has 1 atom stereocenters. The van der Waals surface area contributed by atoms with Gasteiger partial charge in [0.2, 0.25) is 0 Å². The van der Waals surface area contributed by atoms with Crippen molar-refractivity contribution >= 4 is 27.7 Å². The molecule has 1 aromatic carbocycles. The molecule has 0 amide bonds. The third-order valence-electron chi connectivity index (χ3n) is 2.88. The van der Waals surface area contributed by atoms with Gasteiger partial charge in [0.1, 0.15) is 5.82 Å². The van der Waals surface area contributed by atoms with E-state index in [9.17, 15) is 14.0 Å². The Morgan fingerprint density at radius 3 is 2.82 bits per heavy atom. The molecule has 5 heteroatoms. The van der Waals surface area contributed by atoms with E-state index in [0.29, 0.717) is 22.0 Å². The number of Topliss-reactive ketones (excluding diaryl/α,β-unsaturated/α-hetero) is 1. The maximum Gasteiger partial charge on any atom is 0.309 e. The Bertz CT molecular complexity index is 499. The Morgan fingerprint density at radius 1 is 1.47 bits per heavy atom. The zero-order valence-electron chi connectivity index (χ0n) is 9.13. The van der Waals surface area contributed by atoms with Crippen molar-refractivity contribution in [3.8, 4) is 0 Å². The van der Waals surface area contributed by atoms with Crippen molar-refractivity contribution < 1.29 is 18.7 Å². The van der Waals surface area contributed by atoms with Crippen LogP contribution in [0, 0.1) is 11.7 Å². The minimum absolute atomic E-state index is 0.0789. The molecule has 0 bridgehead atoms. The molecule has 0 aliphatic heterocycles. The van der Waals surface area contributed by atoms with Crippen LogP contribution in [0.2, 0.25) is 0 Å². The molecular formula is C12H10BrFO3. The van der Waals surface area contributed by atoms with Gasteiger partial charge in [-0.3, -0.25) is 9.59 Å². The summed E-state index contributed by atoms with van der Waals surface area (Å²) in [5.74, 6) is -1.55. The summed E-state index contributed by atoms with van der Waals surface area (Å²) in [6.07, 6.45) is 0.476. The smallest absolute Gasteiger partial charge is 0.309 e. The number of carbonyl (C=O) groups excluding carboxylic acids is 2. The predicted molar refractivity (Wildman–Crippen MR) is 62.3 cm³/mol. The number of fused-ring (bicyclic) bond motifs is 1. The number of halogens is 2. The highest BCUT2D eigenvalue weighted by atomic mass is 79.9. The number of hydrogen-bond acceptors (Lipinski definition) is 3. The number of hydrogen-bond donors (Lipinski definition) is 0. The zero-order valence-corrected chi connectivity index (χ0v) is 10.7. The number of benzene rings is 1. The van der Waals surface area contributed by atoms with Crippen molar-refractivity contribution in [2.75, 3.05) is 7.11 Å². The van der Waals surface area contributed by atoms with Gasteiger partial charge in [0.15, 0.2) is 5.78 Å². The average molecular weight is 301 g/mol. The van der Waals surface area contributed by atoms with E-state index in [1.807, 2.05) is 0 Å². The van der Waals surface area contributed by atoms with Crippen LogP contribution in [-0.4, -0.2) is 18.9 Å². The first-order valence-electron chi connectivity index (χ1n) is 5.12. The van der Waals surface area contributed by atoms with Gasteiger partial charge in [-0.1, -0.05) is 15.9 Å². The molecule has 0 aromatic heterocycles. The van der Waals surface area contributed by atoms with Crippen LogP contribution in [-0.2, 0) is 16.0 Å². The standard InChI is InChI=1S/C12H10BrFO3/c1-17-12(16)6-2-8-9(11(15)3-6)4-7(14)5-10(8)13/h4-6H,2-3H2,1H3. The predicted octanol–water partition coefficient (Wildman–Crippen LogP) is 2.51. The van der Waals surface area contributed by atoms with Gasteiger partial charge in [-0.25, -0.2) is 4.39 Å². The van der Waals surface area contributed by atoms with Crippen LogP contribution in [0.5, 0.6) is 0 Å². The summed E-state index contributed by atoms with van der Waals surface area (Å²) in [5.41, 5.74) is 1.04. The van der Waals surface area contributed by atoms with E-state index in [0.717, 1.165) is 0 Å². The molecule has 0 fully saturated rings. The summed E-state index contributed by atoms with van der Waals surface area (Å²) in [6.45, 7) is 0. The van der Waals surface area contributed by atoms with Crippen molar-refractivity contribution in [2.24, 2.45) is 5.92 Å². The fourth-order valence-electron chi connectivity index (χ4n) is 2.05.